The van der Waals surface area contributed by atoms with Crippen molar-refractivity contribution < 1.29 is 38.5 Å². The number of aldehydes is 2. The molecule has 35 heavy (non-hydrogen) atoms. The molecule has 0 aromatic heterocycles. The number of ether oxygens (including phenoxy) is 3. The fraction of sp³-hybridized carbons (Fsp3) is 0.120. The monoisotopic (exact) mass is 606 g/mol. The van der Waals surface area contributed by atoms with Gasteiger partial charge in [-0.1, -0.05) is 30.3 Å². The molecule has 0 aliphatic carbocycles. The second-order valence-electron chi connectivity index (χ2n) is 6.77. The van der Waals surface area contributed by atoms with Crippen LogP contribution < -0.4 is 4.74 Å². The van der Waals surface area contributed by atoms with Crippen molar-refractivity contribution in [1.82, 2.24) is 0 Å². The second kappa shape index (κ2) is 13.4. The van der Waals surface area contributed by atoms with Crippen LogP contribution in [0.15, 0.2) is 63.5 Å². The molecule has 0 bridgehead atoms. The number of hydrogen-bond donors (Lipinski definition) is 1. The molecule has 0 heterocycles. The lowest BCUT2D eigenvalue weighted by atomic mass is 10.1. The quantitative estimate of drug-likeness (QED) is 0.281. The molecule has 10 heteroatoms. The first kappa shape index (κ1) is 27.7. The number of aromatic hydroxyl groups is 1. The number of hydrogen-bond acceptors (Lipinski definition) is 8. The van der Waals surface area contributed by atoms with E-state index >= 15 is 0 Å². The summed E-state index contributed by atoms with van der Waals surface area (Å²) in [7, 11) is 2.53. The lowest BCUT2D eigenvalue weighted by Crippen LogP contribution is -2.05. The molecule has 0 amide bonds. The van der Waals surface area contributed by atoms with Crippen LogP contribution in [0.2, 0.25) is 0 Å². The predicted molar refractivity (Wildman–Crippen MR) is 134 cm³/mol. The van der Waals surface area contributed by atoms with Crippen LogP contribution in [0, 0.1) is 0 Å². The first-order valence-corrected chi connectivity index (χ1v) is 11.4. The zero-order valence-corrected chi connectivity index (χ0v) is 21.8. The SMILES string of the molecule is COC(=O)c1cc(Br)c(O)c(C=O)c1.COC(=O)c1cc(Br)c(OCc2ccccc2)c(C=O)c1. The third kappa shape index (κ3) is 7.49. The molecule has 3 rings (SSSR count). The third-order valence-electron chi connectivity index (χ3n) is 4.49. The van der Waals surface area contributed by atoms with Crippen LogP contribution in [-0.2, 0) is 16.1 Å². The minimum Gasteiger partial charge on any atom is -0.506 e. The molecule has 0 spiro atoms. The van der Waals surface area contributed by atoms with Gasteiger partial charge in [-0.2, -0.15) is 0 Å². The van der Waals surface area contributed by atoms with Gasteiger partial charge in [-0.3, -0.25) is 9.59 Å². The average molecular weight is 608 g/mol. The van der Waals surface area contributed by atoms with Crippen LogP contribution in [0.5, 0.6) is 11.5 Å². The van der Waals surface area contributed by atoms with Crippen LogP contribution in [0.1, 0.15) is 47.0 Å². The largest absolute Gasteiger partial charge is 0.506 e. The lowest BCUT2D eigenvalue weighted by molar-refractivity contribution is 0.0591. The van der Waals surface area contributed by atoms with E-state index < -0.39 is 11.9 Å². The van der Waals surface area contributed by atoms with Crippen molar-refractivity contribution >= 4 is 56.4 Å². The molecule has 3 aromatic rings. The highest BCUT2D eigenvalue weighted by Gasteiger charge is 2.15. The van der Waals surface area contributed by atoms with Crippen molar-refractivity contribution in [3.63, 3.8) is 0 Å². The van der Waals surface area contributed by atoms with Gasteiger partial charge in [0, 0.05) is 0 Å². The normalized spacial score (nSPS) is 9.83. The summed E-state index contributed by atoms with van der Waals surface area (Å²) in [6, 6.07) is 15.3. The Morgan fingerprint density at radius 1 is 0.829 bits per heavy atom. The Morgan fingerprint density at radius 3 is 1.86 bits per heavy atom. The summed E-state index contributed by atoms with van der Waals surface area (Å²) in [5.74, 6) is -0.851. The maximum Gasteiger partial charge on any atom is 0.337 e. The molecule has 0 fully saturated rings. The minimum absolute atomic E-state index is 0.0415. The molecule has 0 unspecified atom stereocenters. The summed E-state index contributed by atoms with van der Waals surface area (Å²) in [4.78, 5) is 44.3. The molecular formula is C25H20Br2O8. The molecule has 3 aromatic carbocycles. The summed E-state index contributed by atoms with van der Waals surface area (Å²) in [6.07, 6.45) is 1.12. The van der Waals surface area contributed by atoms with Gasteiger partial charge in [0.1, 0.15) is 18.1 Å². The molecule has 0 aliphatic rings. The average Bonchev–Trinajstić information content (AvgIpc) is 2.88. The van der Waals surface area contributed by atoms with Gasteiger partial charge in [0.25, 0.3) is 0 Å². The summed E-state index contributed by atoms with van der Waals surface area (Å²) in [5, 5.41) is 9.35. The van der Waals surface area contributed by atoms with Crippen LogP contribution in [0.4, 0.5) is 0 Å². The molecular weight excluding hydrogens is 588 g/mol. The smallest absolute Gasteiger partial charge is 0.337 e. The molecule has 0 radical (unpaired) electrons. The highest BCUT2D eigenvalue weighted by molar-refractivity contribution is 9.11. The second-order valence-corrected chi connectivity index (χ2v) is 8.47. The van der Waals surface area contributed by atoms with Gasteiger partial charge >= 0.3 is 11.9 Å². The number of phenols is 1. The summed E-state index contributed by atoms with van der Waals surface area (Å²) >= 11 is 6.34. The van der Waals surface area contributed by atoms with Gasteiger partial charge in [-0.05, 0) is 61.7 Å². The van der Waals surface area contributed by atoms with Crippen molar-refractivity contribution in [3.8, 4) is 11.5 Å². The van der Waals surface area contributed by atoms with E-state index in [0.29, 0.717) is 40.5 Å². The number of methoxy groups -OCH3 is 2. The summed E-state index contributed by atoms with van der Waals surface area (Å²) in [5.41, 5.74) is 1.82. The molecule has 8 nitrogen and oxygen atoms in total. The Kier molecular flexibility index (Phi) is 10.6. The maximum absolute atomic E-state index is 11.5. The Bertz CT molecular complexity index is 1230. The van der Waals surface area contributed by atoms with Crippen molar-refractivity contribution in [3.05, 3.63) is 91.4 Å². The Hall–Kier alpha value is -3.50. The number of benzene rings is 3. The summed E-state index contributed by atoms with van der Waals surface area (Å²) in [6.45, 7) is 0.331. The van der Waals surface area contributed by atoms with E-state index in [1.54, 1.807) is 6.07 Å². The van der Waals surface area contributed by atoms with E-state index in [9.17, 15) is 24.3 Å². The molecule has 182 valence electrons. The number of esters is 2. The maximum atomic E-state index is 11.5. The zero-order valence-electron chi connectivity index (χ0n) is 18.6. The van der Waals surface area contributed by atoms with E-state index in [1.165, 1.54) is 32.4 Å². The van der Waals surface area contributed by atoms with E-state index in [1.807, 2.05) is 30.3 Å². The van der Waals surface area contributed by atoms with Gasteiger partial charge in [0.05, 0.1) is 45.4 Å². The lowest BCUT2D eigenvalue weighted by Gasteiger charge is -2.12. The molecule has 0 saturated heterocycles. The highest BCUT2D eigenvalue weighted by atomic mass is 79.9. The number of carbonyl (C=O) groups is 4. The van der Waals surface area contributed by atoms with Gasteiger partial charge < -0.3 is 19.3 Å². The van der Waals surface area contributed by atoms with Gasteiger partial charge in [-0.15, -0.1) is 0 Å². The van der Waals surface area contributed by atoms with Crippen LogP contribution in [0.25, 0.3) is 0 Å². The topological polar surface area (TPSA) is 116 Å². The standard InChI is InChI=1S/C16H13BrO4.C9H7BrO4/c1-20-16(19)12-7-13(9-18)15(14(17)8-12)21-10-11-5-3-2-4-6-11;1-14-9(13)5-2-6(4-11)8(12)7(10)3-5/h2-9H,10H2,1H3;2-4,12H,1H3. The van der Waals surface area contributed by atoms with Gasteiger partial charge in [-0.25, -0.2) is 9.59 Å². The first-order valence-electron chi connectivity index (χ1n) is 9.85. The van der Waals surface area contributed by atoms with Crippen molar-refractivity contribution in [1.29, 1.82) is 0 Å². The Labute approximate surface area is 218 Å². The Morgan fingerprint density at radius 2 is 1.34 bits per heavy atom. The Balaban J connectivity index is 0.000000269. The molecule has 0 atom stereocenters. The van der Waals surface area contributed by atoms with Crippen molar-refractivity contribution in [2.75, 3.05) is 14.2 Å². The van der Waals surface area contributed by atoms with Gasteiger partial charge in [0.15, 0.2) is 12.6 Å². The summed E-state index contributed by atoms with van der Waals surface area (Å²) < 4.78 is 15.6. The fourth-order valence-corrected chi connectivity index (χ4v) is 3.83. The number of halogens is 2. The number of rotatable bonds is 7. The molecule has 0 saturated carbocycles. The minimum atomic E-state index is -0.561. The van der Waals surface area contributed by atoms with E-state index in [0.717, 1.165) is 5.56 Å². The van der Waals surface area contributed by atoms with Gasteiger partial charge in [0.2, 0.25) is 0 Å². The van der Waals surface area contributed by atoms with Crippen LogP contribution in [-0.4, -0.2) is 43.8 Å². The van der Waals surface area contributed by atoms with Crippen LogP contribution in [0.3, 0.4) is 0 Å². The molecule has 0 aliphatic heterocycles. The first-order chi connectivity index (χ1) is 16.7. The number of carbonyl (C=O) groups excluding carboxylic acids is 4. The van der Waals surface area contributed by atoms with E-state index in [2.05, 4.69) is 41.3 Å². The van der Waals surface area contributed by atoms with Crippen molar-refractivity contribution in [2.24, 2.45) is 0 Å². The van der Waals surface area contributed by atoms with E-state index in [4.69, 9.17) is 4.74 Å². The van der Waals surface area contributed by atoms with Crippen molar-refractivity contribution in [2.45, 2.75) is 6.61 Å². The predicted octanol–water partition coefficient (Wildman–Crippen LogP) is 5.38. The number of phenolic OH excluding ortho intramolecular Hbond substituents is 1. The van der Waals surface area contributed by atoms with Crippen LogP contribution >= 0.6 is 31.9 Å². The zero-order chi connectivity index (χ0) is 26.0. The van der Waals surface area contributed by atoms with E-state index in [-0.39, 0.29) is 21.3 Å². The highest BCUT2D eigenvalue weighted by Crippen LogP contribution is 2.31. The third-order valence-corrected chi connectivity index (χ3v) is 5.68. The fourth-order valence-electron chi connectivity index (χ4n) is 2.77. The molecule has 1 N–H and O–H groups in total.